The van der Waals surface area contributed by atoms with Gasteiger partial charge in [-0.1, -0.05) is 0 Å². The van der Waals surface area contributed by atoms with Crippen LogP contribution in [0.5, 0.6) is 5.75 Å². The second-order valence-corrected chi connectivity index (χ2v) is 7.89. The van der Waals surface area contributed by atoms with Crippen molar-refractivity contribution in [2.45, 2.75) is 25.3 Å². The van der Waals surface area contributed by atoms with Gasteiger partial charge in [-0.25, -0.2) is 14.2 Å². The first kappa shape index (κ1) is 22.1. The first-order chi connectivity index (χ1) is 17.0. The molecule has 0 saturated heterocycles. The Hall–Kier alpha value is -4.74. The van der Waals surface area contributed by atoms with Crippen LogP contribution in [0.1, 0.15) is 29.6 Å². The molecule has 0 atom stereocenters. The highest BCUT2D eigenvalue weighted by atomic mass is 19.1. The monoisotopic (exact) mass is 478 g/mol. The maximum atomic E-state index is 14.4. The zero-order valence-electron chi connectivity index (χ0n) is 18.1. The number of carbonyl (C=O) groups is 2. The SMILES string of the molecule is O=COc1cc(Nc2ncc(F)c(Nc3ccc4oc(=O)[nH]c4c3)n2)ccc1C(=O)NC1CCC1. The summed E-state index contributed by atoms with van der Waals surface area (Å²) in [5.41, 5.74) is 1.89. The third-order valence-corrected chi connectivity index (χ3v) is 5.52. The molecular formula is C23H19FN6O5. The van der Waals surface area contributed by atoms with Gasteiger partial charge in [-0.05, 0) is 49.6 Å². The van der Waals surface area contributed by atoms with Crippen molar-refractivity contribution in [2.75, 3.05) is 10.6 Å². The molecule has 5 rings (SSSR count). The highest BCUT2D eigenvalue weighted by Gasteiger charge is 2.22. The van der Waals surface area contributed by atoms with E-state index in [0.717, 1.165) is 25.5 Å². The van der Waals surface area contributed by atoms with E-state index in [1.165, 1.54) is 12.1 Å². The van der Waals surface area contributed by atoms with Crippen molar-refractivity contribution >= 4 is 46.6 Å². The fourth-order valence-electron chi connectivity index (χ4n) is 3.56. The Bertz CT molecular complexity index is 1480. The van der Waals surface area contributed by atoms with Crippen LogP contribution < -0.4 is 26.4 Å². The Morgan fingerprint density at radius 2 is 1.97 bits per heavy atom. The number of oxazole rings is 1. The number of hydrogen-bond donors (Lipinski definition) is 4. The van der Waals surface area contributed by atoms with Crippen LogP contribution in [0.15, 0.2) is 51.8 Å². The second-order valence-electron chi connectivity index (χ2n) is 7.89. The lowest BCUT2D eigenvalue weighted by Crippen LogP contribution is -2.39. The summed E-state index contributed by atoms with van der Waals surface area (Å²) in [6, 6.07) is 9.42. The van der Waals surface area contributed by atoms with Gasteiger partial charge in [0.2, 0.25) is 5.95 Å². The number of ether oxygens (including phenoxy) is 1. The van der Waals surface area contributed by atoms with E-state index in [4.69, 9.17) is 9.15 Å². The molecule has 1 fully saturated rings. The van der Waals surface area contributed by atoms with Crippen molar-refractivity contribution in [2.24, 2.45) is 0 Å². The summed E-state index contributed by atoms with van der Waals surface area (Å²) >= 11 is 0. The number of H-pyrrole nitrogens is 1. The molecule has 0 spiro atoms. The van der Waals surface area contributed by atoms with Crippen molar-refractivity contribution in [1.82, 2.24) is 20.3 Å². The van der Waals surface area contributed by atoms with Crippen LogP contribution in [-0.4, -0.2) is 33.4 Å². The molecular weight excluding hydrogens is 459 g/mol. The number of carbonyl (C=O) groups excluding carboxylic acids is 2. The smallest absolute Gasteiger partial charge is 0.417 e. The van der Waals surface area contributed by atoms with E-state index in [0.29, 0.717) is 22.5 Å². The molecule has 0 bridgehead atoms. The average Bonchev–Trinajstić information content (AvgIpc) is 3.18. The fourth-order valence-corrected chi connectivity index (χ4v) is 3.56. The highest BCUT2D eigenvalue weighted by molar-refractivity contribution is 5.98. The number of nitrogens with zero attached hydrogens (tertiary/aromatic N) is 2. The van der Waals surface area contributed by atoms with Crippen molar-refractivity contribution in [1.29, 1.82) is 0 Å². The van der Waals surface area contributed by atoms with Gasteiger partial charge >= 0.3 is 5.76 Å². The maximum absolute atomic E-state index is 14.4. The van der Waals surface area contributed by atoms with E-state index in [-0.39, 0.29) is 41.5 Å². The summed E-state index contributed by atoms with van der Waals surface area (Å²) in [5, 5.41) is 8.62. The minimum Gasteiger partial charge on any atom is -0.428 e. The summed E-state index contributed by atoms with van der Waals surface area (Å²) in [5.74, 6) is -1.64. The molecule has 11 nitrogen and oxygen atoms in total. The first-order valence-electron chi connectivity index (χ1n) is 10.7. The molecule has 4 aromatic rings. The summed E-state index contributed by atoms with van der Waals surface area (Å²) < 4.78 is 24.3. The summed E-state index contributed by atoms with van der Waals surface area (Å²) in [6.07, 6.45) is 3.89. The standard InChI is InChI=1S/C23H19FN6O5/c24-16-10-25-22(30-20(16)26-13-5-7-18-17(8-13)29-23(33)35-18)28-14-4-6-15(19(9-14)34-11-31)21(32)27-12-2-1-3-12/h4-12H,1-3H2,(H,27,32)(H,29,33)(H2,25,26,28,30). The molecule has 1 saturated carbocycles. The summed E-state index contributed by atoms with van der Waals surface area (Å²) in [6.45, 7) is 0.236. The van der Waals surface area contributed by atoms with Gasteiger partial charge in [0.25, 0.3) is 12.4 Å². The number of aromatic amines is 1. The normalized spacial score (nSPS) is 13.2. The molecule has 1 aliphatic rings. The van der Waals surface area contributed by atoms with Gasteiger partial charge in [0.1, 0.15) is 5.75 Å². The molecule has 4 N–H and O–H groups in total. The number of benzene rings is 2. The predicted octanol–water partition coefficient (Wildman–Crippen LogP) is 3.35. The van der Waals surface area contributed by atoms with Gasteiger partial charge in [-0.3, -0.25) is 14.6 Å². The second kappa shape index (κ2) is 9.25. The lowest BCUT2D eigenvalue weighted by molar-refractivity contribution is -0.120. The first-order valence-corrected chi connectivity index (χ1v) is 10.7. The molecule has 1 amide bonds. The number of anilines is 4. The number of fused-ring (bicyclic) bond motifs is 1. The Morgan fingerprint density at radius 1 is 1.17 bits per heavy atom. The van der Waals surface area contributed by atoms with Crippen molar-refractivity contribution in [3.8, 4) is 5.75 Å². The van der Waals surface area contributed by atoms with E-state index in [2.05, 4.69) is 30.9 Å². The van der Waals surface area contributed by atoms with Crippen LogP contribution in [0.3, 0.4) is 0 Å². The summed E-state index contributed by atoms with van der Waals surface area (Å²) in [4.78, 5) is 45.4. The molecule has 0 aliphatic heterocycles. The number of amides is 1. The van der Waals surface area contributed by atoms with Crippen LogP contribution in [0, 0.1) is 5.82 Å². The van der Waals surface area contributed by atoms with Crippen molar-refractivity contribution in [3.05, 3.63) is 64.5 Å². The van der Waals surface area contributed by atoms with Crippen molar-refractivity contribution < 1.29 is 23.1 Å². The zero-order chi connectivity index (χ0) is 24.4. The third-order valence-electron chi connectivity index (χ3n) is 5.52. The lowest BCUT2D eigenvalue weighted by atomic mass is 9.93. The average molecular weight is 478 g/mol. The van der Waals surface area contributed by atoms with E-state index in [1.54, 1.807) is 24.3 Å². The topological polar surface area (TPSA) is 151 Å². The van der Waals surface area contributed by atoms with Gasteiger partial charge in [-0.2, -0.15) is 4.98 Å². The molecule has 0 radical (unpaired) electrons. The van der Waals surface area contributed by atoms with Gasteiger partial charge in [-0.15, -0.1) is 0 Å². The lowest BCUT2D eigenvalue weighted by Gasteiger charge is -2.26. The van der Waals surface area contributed by atoms with Gasteiger partial charge in [0.15, 0.2) is 17.2 Å². The molecule has 2 aromatic carbocycles. The van der Waals surface area contributed by atoms with E-state index in [1.807, 2.05) is 0 Å². The van der Waals surface area contributed by atoms with Crippen LogP contribution in [0.25, 0.3) is 11.1 Å². The number of hydrogen-bond acceptors (Lipinski definition) is 9. The van der Waals surface area contributed by atoms with Crippen molar-refractivity contribution in [3.63, 3.8) is 0 Å². The van der Waals surface area contributed by atoms with E-state index < -0.39 is 11.6 Å². The van der Waals surface area contributed by atoms with Crippen LogP contribution >= 0.6 is 0 Å². The van der Waals surface area contributed by atoms with Crippen LogP contribution in [-0.2, 0) is 4.79 Å². The van der Waals surface area contributed by atoms with Crippen LogP contribution in [0.4, 0.5) is 27.5 Å². The molecule has 12 heteroatoms. The van der Waals surface area contributed by atoms with Gasteiger partial charge in [0, 0.05) is 23.5 Å². The molecule has 2 heterocycles. The number of rotatable bonds is 8. The quantitative estimate of drug-likeness (QED) is 0.279. The van der Waals surface area contributed by atoms with E-state index >= 15 is 0 Å². The minimum atomic E-state index is -0.704. The van der Waals surface area contributed by atoms with Gasteiger partial charge in [0.05, 0.1) is 17.3 Å². The number of halogens is 1. The highest BCUT2D eigenvalue weighted by Crippen LogP contribution is 2.27. The molecule has 1 aliphatic carbocycles. The fraction of sp³-hybridized carbons (Fsp3) is 0.174. The number of nitrogens with one attached hydrogen (secondary N) is 4. The predicted molar refractivity (Wildman–Crippen MR) is 124 cm³/mol. The Labute approximate surface area is 196 Å². The zero-order valence-corrected chi connectivity index (χ0v) is 18.1. The Balaban J connectivity index is 1.35. The molecule has 35 heavy (non-hydrogen) atoms. The maximum Gasteiger partial charge on any atom is 0.417 e. The Morgan fingerprint density at radius 3 is 2.74 bits per heavy atom. The van der Waals surface area contributed by atoms with Crippen LogP contribution in [0.2, 0.25) is 0 Å². The summed E-state index contributed by atoms with van der Waals surface area (Å²) in [7, 11) is 0. The largest absolute Gasteiger partial charge is 0.428 e. The Kier molecular flexibility index (Phi) is 5.83. The number of aromatic nitrogens is 3. The molecule has 178 valence electrons. The molecule has 2 aromatic heterocycles. The van der Waals surface area contributed by atoms with Gasteiger partial charge < -0.3 is 25.1 Å². The minimum absolute atomic E-state index is 0.0513. The van der Waals surface area contributed by atoms with E-state index in [9.17, 15) is 18.8 Å². The third kappa shape index (κ3) is 4.81. The molecule has 0 unspecified atom stereocenters.